The van der Waals surface area contributed by atoms with Crippen LogP contribution in [-0.4, -0.2) is 17.8 Å². The summed E-state index contributed by atoms with van der Waals surface area (Å²) in [6.07, 6.45) is -4.72. The average Bonchev–Trinajstić information content (AvgIpc) is 2.48. The summed E-state index contributed by atoms with van der Waals surface area (Å²) in [4.78, 5) is 6.99. The predicted octanol–water partition coefficient (Wildman–Crippen LogP) is 4.65. The number of amidine groups is 2. The minimum absolute atomic E-state index is 0.149. The van der Waals surface area contributed by atoms with E-state index in [1.807, 2.05) is 6.92 Å². The average molecular weight is 340 g/mol. The van der Waals surface area contributed by atoms with Crippen LogP contribution in [-0.2, 0) is 0 Å². The van der Waals surface area contributed by atoms with Crippen molar-refractivity contribution in [3.05, 3.63) is 64.7 Å². The molecule has 0 aliphatic rings. The molecule has 2 aromatic rings. The van der Waals surface area contributed by atoms with E-state index in [-0.39, 0.29) is 11.5 Å². The van der Waals surface area contributed by atoms with Gasteiger partial charge in [0.05, 0.1) is 5.69 Å². The summed E-state index contributed by atoms with van der Waals surface area (Å²) in [6.45, 7) is 1.83. The molecule has 23 heavy (non-hydrogen) atoms. The normalized spacial score (nSPS) is 13.3. The molecule has 7 heteroatoms. The minimum atomic E-state index is -4.72. The minimum Gasteiger partial charge on any atom is -0.383 e. The van der Waals surface area contributed by atoms with Crippen LogP contribution in [0.4, 0.5) is 18.9 Å². The largest absolute Gasteiger partial charge is 0.451 e. The summed E-state index contributed by atoms with van der Waals surface area (Å²) >= 11 is 5.73. The van der Waals surface area contributed by atoms with Gasteiger partial charge in [0.15, 0.2) is 0 Å². The van der Waals surface area contributed by atoms with E-state index in [4.69, 9.17) is 17.3 Å². The number of rotatable bonds is 2. The van der Waals surface area contributed by atoms with Crippen LogP contribution in [0.1, 0.15) is 11.1 Å². The Kier molecular flexibility index (Phi) is 5.05. The Morgan fingerprint density at radius 1 is 1.00 bits per heavy atom. The van der Waals surface area contributed by atoms with Crippen LogP contribution in [0.3, 0.4) is 0 Å². The molecule has 2 rings (SSSR count). The van der Waals surface area contributed by atoms with E-state index in [1.165, 1.54) is 36.4 Å². The van der Waals surface area contributed by atoms with E-state index in [2.05, 4.69) is 9.98 Å². The monoisotopic (exact) mass is 339 g/mol. The van der Waals surface area contributed by atoms with Gasteiger partial charge in [-0.05, 0) is 43.3 Å². The third kappa shape index (κ3) is 4.82. The fourth-order valence-electron chi connectivity index (χ4n) is 1.69. The molecule has 2 aromatic carbocycles. The van der Waals surface area contributed by atoms with Crippen molar-refractivity contribution in [2.24, 2.45) is 15.7 Å². The van der Waals surface area contributed by atoms with E-state index >= 15 is 0 Å². The molecule has 0 saturated carbocycles. The van der Waals surface area contributed by atoms with E-state index in [1.54, 1.807) is 12.1 Å². The first-order valence-electron chi connectivity index (χ1n) is 6.58. The lowest BCUT2D eigenvalue weighted by Crippen LogP contribution is -2.25. The number of benzene rings is 2. The molecule has 120 valence electrons. The standard InChI is InChI=1S/C16H13ClF3N3/c1-10-2-8-13(9-3-10)22-15(16(18,19)20)23-14(21)11-4-6-12(17)7-5-11/h2-9H,1H3,(H2,21,22,23). The van der Waals surface area contributed by atoms with Crippen molar-refractivity contribution in [1.29, 1.82) is 0 Å². The fraction of sp³-hybridized carbons (Fsp3) is 0.125. The molecule has 0 spiro atoms. The lowest BCUT2D eigenvalue weighted by molar-refractivity contribution is -0.0596. The van der Waals surface area contributed by atoms with Crippen molar-refractivity contribution in [2.75, 3.05) is 0 Å². The Balaban J connectivity index is 2.41. The number of hydrogen-bond donors (Lipinski definition) is 1. The third-order valence-corrected chi connectivity index (χ3v) is 3.14. The molecule has 0 bridgehead atoms. The highest BCUT2D eigenvalue weighted by molar-refractivity contribution is 6.30. The zero-order valence-electron chi connectivity index (χ0n) is 12.1. The zero-order valence-corrected chi connectivity index (χ0v) is 12.9. The Labute approximate surface area is 136 Å². The topological polar surface area (TPSA) is 50.7 Å². The molecule has 0 aliphatic heterocycles. The van der Waals surface area contributed by atoms with Crippen molar-refractivity contribution >= 4 is 29.0 Å². The second-order valence-electron chi connectivity index (χ2n) is 4.77. The molecule has 0 aliphatic carbocycles. The van der Waals surface area contributed by atoms with E-state index in [9.17, 15) is 13.2 Å². The van der Waals surface area contributed by atoms with Crippen LogP contribution in [0.5, 0.6) is 0 Å². The number of nitrogens with two attached hydrogens (primary N) is 1. The molecule has 0 unspecified atom stereocenters. The van der Waals surface area contributed by atoms with E-state index in [0.717, 1.165) is 5.56 Å². The number of alkyl halides is 3. The van der Waals surface area contributed by atoms with E-state index < -0.39 is 12.0 Å². The van der Waals surface area contributed by atoms with Crippen LogP contribution < -0.4 is 5.73 Å². The summed E-state index contributed by atoms with van der Waals surface area (Å²) in [5.74, 6) is -1.60. The van der Waals surface area contributed by atoms with Gasteiger partial charge in [-0.3, -0.25) is 0 Å². The van der Waals surface area contributed by atoms with Gasteiger partial charge < -0.3 is 5.73 Å². The number of aryl methyl sites for hydroxylation is 1. The first kappa shape index (κ1) is 17.0. The molecule has 0 amide bonds. The maximum Gasteiger partial charge on any atom is 0.451 e. The third-order valence-electron chi connectivity index (χ3n) is 2.89. The first-order chi connectivity index (χ1) is 10.8. The van der Waals surface area contributed by atoms with Gasteiger partial charge in [-0.1, -0.05) is 29.3 Å². The fourth-order valence-corrected chi connectivity index (χ4v) is 1.82. The summed E-state index contributed by atoms with van der Waals surface area (Å²) in [7, 11) is 0. The van der Waals surface area contributed by atoms with Gasteiger partial charge in [0.1, 0.15) is 5.84 Å². The molecule has 0 heterocycles. The van der Waals surface area contributed by atoms with Crippen molar-refractivity contribution in [3.8, 4) is 0 Å². The molecule has 0 fully saturated rings. The SMILES string of the molecule is Cc1ccc(N=C(N=C(N)c2ccc(Cl)cc2)C(F)(F)F)cc1. The first-order valence-corrected chi connectivity index (χ1v) is 6.96. The molecular weight excluding hydrogens is 327 g/mol. The van der Waals surface area contributed by atoms with Gasteiger partial charge in [-0.25, -0.2) is 9.98 Å². The van der Waals surface area contributed by atoms with Gasteiger partial charge in [-0.15, -0.1) is 0 Å². The van der Waals surface area contributed by atoms with Crippen molar-refractivity contribution in [3.63, 3.8) is 0 Å². The lowest BCUT2D eigenvalue weighted by atomic mass is 10.2. The maximum atomic E-state index is 13.1. The van der Waals surface area contributed by atoms with Crippen molar-refractivity contribution in [1.82, 2.24) is 0 Å². The van der Waals surface area contributed by atoms with Crippen LogP contribution in [0.15, 0.2) is 58.5 Å². The van der Waals surface area contributed by atoms with Gasteiger partial charge in [0, 0.05) is 10.6 Å². The number of nitrogens with zero attached hydrogens (tertiary/aromatic N) is 2. The Morgan fingerprint density at radius 2 is 1.57 bits per heavy atom. The molecule has 3 nitrogen and oxygen atoms in total. The number of hydrogen-bond acceptors (Lipinski definition) is 1. The second kappa shape index (κ2) is 6.83. The molecule has 0 aromatic heterocycles. The van der Waals surface area contributed by atoms with Gasteiger partial charge in [0.25, 0.3) is 0 Å². The van der Waals surface area contributed by atoms with Crippen LogP contribution >= 0.6 is 11.6 Å². The molecule has 0 saturated heterocycles. The van der Waals surface area contributed by atoms with Crippen LogP contribution in [0, 0.1) is 6.92 Å². The number of halogens is 4. The predicted molar refractivity (Wildman–Crippen MR) is 86.5 cm³/mol. The van der Waals surface area contributed by atoms with Crippen molar-refractivity contribution in [2.45, 2.75) is 13.1 Å². The molecule has 0 radical (unpaired) electrons. The van der Waals surface area contributed by atoms with Gasteiger partial charge in [0.2, 0.25) is 5.84 Å². The second-order valence-corrected chi connectivity index (χ2v) is 5.21. The highest BCUT2D eigenvalue weighted by Gasteiger charge is 2.36. The maximum absolute atomic E-state index is 13.1. The highest BCUT2D eigenvalue weighted by atomic mass is 35.5. The zero-order chi connectivity index (χ0) is 17.0. The molecule has 2 N–H and O–H groups in total. The smallest absolute Gasteiger partial charge is 0.383 e. The quantitative estimate of drug-likeness (QED) is 0.628. The summed E-state index contributed by atoms with van der Waals surface area (Å²) in [5.41, 5.74) is 7.04. The molecular formula is C16H13ClF3N3. The van der Waals surface area contributed by atoms with E-state index in [0.29, 0.717) is 10.6 Å². The van der Waals surface area contributed by atoms with Gasteiger partial charge >= 0.3 is 6.18 Å². The Morgan fingerprint density at radius 3 is 2.09 bits per heavy atom. The van der Waals surface area contributed by atoms with Crippen LogP contribution in [0.25, 0.3) is 0 Å². The lowest BCUT2D eigenvalue weighted by Gasteiger charge is -2.08. The van der Waals surface area contributed by atoms with Gasteiger partial charge in [-0.2, -0.15) is 13.2 Å². The Hall–Kier alpha value is -2.34. The summed E-state index contributed by atoms with van der Waals surface area (Å²) < 4.78 is 39.3. The van der Waals surface area contributed by atoms with Crippen molar-refractivity contribution < 1.29 is 13.2 Å². The van der Waals surface area contributed by atoms with Crippen LogP contribution in [0.2, 0.25) is 5.02 Å². The highest BCUT2D eigenvalue weighted by Crippen LogP contribution is 2.23. The summed E-state index contributed by atoms with van der Waals surface area (Å²) in [6, 6.07) is 12.3. The number of aliphatic imine (C=N–C) groups is 2. The Bertz CT molecular complexity index is 733. The molecule has 0 atom stereocenters. The summed E-state index contributed by atoms with van der Waals surface area (Å²) in [5, 5.41) is 0.450.